The van der Waals surface area contributed by atoms with Crippen LogP contribution in [0.3, 0.4) is 0 Å². The van der Waals surface area contributed by atoms with Gasteiger partial charge in [-0.25, -0.2) is 0 Å². The van der Waals surface area contributed by atoms with Gasteiger partial charge in [-0.15, -0.1) is 0 Å². The standard InChI is InChI=1S/C24H38O19/c25-1-5-9(27)11(29)12(30)22(38-5)41-17-8-4-36-20(17)15(33)24(40-8)43-18-10(28)6(2-26)39-23(14(18)32)42-16-7-3-35-19(16)13(31)21(34)37-7/h5-34H,1-4H2/t5-,6-,7+,8+,9+,10-,11-,12-,13+,14-,15+,16+,17+,18-,19+,20+,21-,22+,23+,24+/m1/s1. The Morgan fingerprint density at radius 1 is 0.465 bits per heavy atom. The number of aliphatic hydroxyl groups is 10. The van der Waals surface area contributed by atoms with Gasteiger partial charge >= 0.3 is 0 Å². The molecule has 0 unspecified atom stereocenters. The molecule has 6 fully saturated rings. The van der Waals surface area contributed by atoms with Crippen molar-refractivity contribution in [2.75, 3.05) is 26.4 Å². The third-order valence-corrected chi connectivity index (χ3v) is 8.70. The number of aliphatic hydroxyl groups excluding tert-OH is 10. The first kappa shape index (κ1) is 32.2. The molecule has 43 heavy (non-hydrogen) atoms. The van der Waals surface area contributed by atoms with Crippen LogP contribution in [0.25, 0.3) is 0 Å². The zero-order chi connectivity index (χ0) is 30.7. The van der Waals surface area contributed by atoms with E-state index in [4.69, 9.17) is 42.6 Å². The van der Waals surface area contributed by atoms with Crippen LogP contribution in [0.15, 0.2) is 0 Å². The molecule has 0 aromatic rings. The molecular formula is C24H38O19. The Morgan fingerprint density at radius 3 is 1.56 bits per heavy atom. The molecule has 6 aliphatic heterocycles. The number of fused-ring (bicyclic) bond motifs is 4. The summed E-state index contributed by atoms with van der Waals surface area (Å²) in [6.07, 6.45) is -27.5. The normalized spacial score (nSPS) is 56.8. The minimum Gasteiger partial charge on any atom is -0.394 e. The lowest BCUT2D eigenvalue weighted by Crippen LogP contribution is -2.65. The van der Waals surface area contributed by atoms with Gasteiger partial charge in [0.05, 0.1) is 26.4 Å². The van der Waals surface area contributed by atoms with Gasteiger partial charge in [0, 0.05) is 0 Å². The molecule has 0 radical (unpaired) electrons. The molecule has 4 bridgehead atoms. The van der Waals surface area contributed by atoms with Crippen LogP contribution in [0, 0.1) is 0 Å². The first-order valence-corrected chi connectivity index (χ1v) is 14.0. The van der Waals surface area contributed by atoms with Crippen molar-refractivity contribution in [1.82, 2.24) is 0 Å². The summed E-state index contributed by atoms with van der Waals surface area (Å²) < 4.78 is 50.5. The van der Waals surface area contributed by atoms with Crippen LogP contribution < -0.4 is 0 Å². The van der Waals surface area contributed by atoms with Crippen LogP contribution in [-0.4, -0.2) is 200 Å². The molecule has 248 valence electrons. The summed E-state index contributed by atoms with van der Waals surface area (Å²) in [6.45, 7) is -1.51. The van der Waals surface area contributed by atoms with Gasteiger partial charge in [-0.05, 0) is 0 Å². The maximum Gasteiger partial charge on any atom is 0.187 e. The number of hydrogen-bond acceptors (Lipinski definition) is 19. The van der Waals surface area contributed by atoms with Crippen molar-refractivity contribution in [1.29, 1.82) is 0 Å². The molecular weight excluding hydrogens is 592 g/mol. The Kier molecular flexibility index (Phi) is 9.58. The van der Waals surface area contributed by atoms with E-state index < -0.39 is 136 Å². The number of ether oxygens (including phenoxy) is 9. The molecule has 0 aliphatic carbocycles. The van der Waals surface area contributed by atoms with Gasteiger partial charge in [0.1, 0.15) is 97.7 Å². The lowest BCUT2D eigenvalue weighted by molar-refractivity contribution is -0.372. The highest BCUT2D eigenvalue weighted by Gasteiger charge is 2.58. The molecule has 0 amide bonds. The van der Waals surface area contributed by atoms with E-state index in [2.05, 4.69) is 0 Å². The van der Waals surface area contributed by atoms with Crippen molar-refractivity contribution < 1.29 is 93.7 Å². The number of rotatable bonds is 8. The fourth-order valence-electron chi connectivity index (χ4n) is 6.28. The molecule has 0 aromatic carbocycles. The minimum absolute atomic E-state index is 0.0184. The van der Waals surface area contributed by atoms with Crippen molar-refractivity contribution >= 4 is 0 Å². The smallest absolute Gasteiger partial charge is 0.187 e. The Hall–Kier alpha value is -0.760. The second kappa shape index (κ2) is 12.8. The summed E-state index contributed by atoms with van der Waals surface area (Å²) in [7, 11) is 0. The SMILES string of the molecule is OC[C@H]1O[C@@H](O[C@@H]2[C@H]3OC[C@@H]2O[C@@H](O[C@H]2[C@@H](O)[C@H](O[C@@H]4[C@H]5OC[C@@H]4O[C@@H](O)[C@H]5O)O[C@H](CO)[C@H]2O)[C@H]3O)[C@H](O)[C@H](O)[C@H]1O. The van der Waals surface area contributed by atoms with E-state index in [1.807, 2.05) is 0 Å². The van der Waals surface area contributed by atoms with Crippen molar-refractivity contribution in [2.24, 2.45) is 0 Å². The van der Waals surface area contributed by atoms with Gasteiger partial charge < -0.3 is 93.7 Å². The van der Waals surface area contributed by atoms with Crippen LogP contribution in [0.2, 0.25) is 0 Å². The van der Waals surface area contributed by atoms with Crippen molar-refractivity contribution in [2.45, 2.75) is 123 Å². The molecule has 10 N–H and O–H groups in total. The Morgan fingerprint density at radius 2 is 0.953 bits per heavy atom. The highest BCUT2D eigenvalue weighted by atomic mass is 16.8. The second-order valence-electron chi connectivity index (χ2n) is 11.4. The Labute approximate surface area is 243 Å². The summed E-state index contributed by atoms with van der Waals surface area (Å²) in [5.74, 6) is 0. The molecule has 19 nitrogen and oxygen atoms in total. The summed E-state index contributed by atoms with van der Waals surface area (Å²) >= 11 is 0. The molecule has 0 spiro atoms. The summed E-state index contributed by atoms with van der Waals surface area (Å²) in [4.78, 5) is 0. The Balaban J connectivity index is 1.12. The topological polar surface area (TPSA) is 285 Å². The predicted octanol–water partition coefficient (Wildman–Crippen LogP) is -7.66. The summed E-state index contributed by atoms with van der Waals surface area (Å²) in [6, 6.07) is 0. The van der Waals surface area contributed by atoms with E-state index in [1.54, 1.807) is 0 Å². The first-order chi connectivity index (χ1) is 20.5. The Bertz CT molecular complexity index is 944. The van der Waals surface area contributed by atoms with Crippen molar-refractivity contribution in [3.05, 3.63) is 0 Å². The first-order valence-electron chi connectivity index (χ1n) is 14.0. The fraction of sp³-hybridized carbons (Fsp3) is 1.00. The zero-order valence-corrected chi connectivity index (χ0v) is 22.5. The molecule has 6 rings (SSSR count). The highest BCUT2D eigenvalue weighted by Crippen LogP contribution is 2.38. The van der Waals surface area contributed by atoms with Crippen molar-refractivity contribution in [3.8, 4) is 0 Å². The van der Waals surface area contributed by atoms with E-state index in [0.29, 0.717) is 0 Å². The zero-order valence-electron chi connectivity index (χ0n) is 22.5. The van der Waals surface area contributed by atoms with E-state index in [-0.39, 0.29) is 13.2 Å². The molecule has 6 aliphatic rings. The lowest BCUT2D eigenvalue weighted by Gasteiger charge is -2.47. The van der Waals surface area contributed by atoms with E-state index in [1.165, 1.54) is 0 Å². The summed E-state index contributed by atoms with van der Waals surface area (Å²) in [5.41, 5.74) is 0. The van der Waals surface area contributed by atoms with Crippen LogP contribution >= 0.6 is 0 Å². The van der Waals surface area contributed by atoms with Gasteiger partial charge in [-0.2, -0.15) is 0 Å². The minimum atomic E-state index is -1.72. The maximum absolute atomic E-state index is 11.1. The maximum atomic E-state index is 11.1. The lowest BCUT2D eigenvalue weighted by atomic mass is 9.96. The van der Waals surface area contributed by atoms with Crippen LogP contribution in [0.1, 0.15) is 0 Å². The van der Waals surface area contributed by atoms with Crippen LogP contribution in [0.5, 0.6) is 0 Å². The molecule has 6 saturated heterocycles. The fourth-order valence-corrected chi connectivity index (χ4v) is 6.28. The van der Waals surface area contributed by atoms with Gasteiger partial charge in [0.25, 0.3) is 0 Å². The predicted molar refractivity (Wildman–Crippen MR) is 127 cm³/mol. The second-order valence-corrected chi connectivity index (χ2v) is 11.4. The van der Waals surface area contributed by atoms with E-state index in [9.17, 15) is 51.1 Å². The third-order valence-electron chi connectivity index (χ3n) is 8.70. The third kappa shape index (κ3) is 5.73. The van der Waals surface area contributed by atoms with Gasteiger partial charge in [0.2, 0.25) is 0 Å². The molecule has 19 heteroatoms. The summed E-state index contributed by atoms with van der Waals surface area (Å²) in [5, 5.41) is 103. The van der Waals surface area contributed by atoms with E-state index >= 15 is 0 Å². The van der Waals surface area contributed by atoms with Crippen molar-refractivity contribution in [3.63, 3.8) is 0 Å². The molecule has 0 aromatic heterocycles. The van der Waals surface area contributed by atoms with E-state index in [0.717, 1.165) is 0 Å². The highest BCUT2D eigenvalue weighted by molar-refractivity contribution is 5.01. The van der Waals surface area contributed by atoms with Gasteiger partial charge in [0.15, 0.2) is 25.2 Å². The largest absolute Gasteiger partial charge is 0.394 e. The van der Waals surface area contributed by atoms with Gasteiger partial charge in [-0.3, -0.25) is 0 Å². The average Bonchev–Trinajstić information content (AvgIpc) is 3.48. The quantitative estimate of drug-likeness (QED) is 0.119. The molecule has 0 saturated carbocycles. The monoisotopic (exact) mass is 630 g/mol. The van der Waals surface area contributed by atoms with Crippen LogP contribution in [-0.2, 0) is 42.6 Å². The van der Waals surface area contributed by atoms with Gasteiger partial charge in [-0.1, -0.05) is 0 Å². The molecule has 20 atom stereocenters. The molecule has 6 heterocycles. The van der Waals surface area contributed by atoms with Crippen LogP contribution in [0.4, 0.5) is 0 Å². The average molecular weight is 631 g/mol. The number of hydrogen-bond donors (Lipinski definition) is 10.